The summed E-state index contributed by atoms with van der Waals surface area (Å²) in [7, 11) is 6.22. The van der Waals surface area contributed by atoms with Crippen molar-refractivity contribution in [2.24, 2.45) is 0 Å². The van der Waals surface area contributed by atoms with E-state index in [1.165, 1.54) is 14.2 Å². The molecule has 0 aliphatic heterocycles. The molecule has 8 heteroatoms. The van der Waals surface area contributed by atoms with E-state index < -0.39 is 0 Å². The van der Waals surface area contributed by atoms with E-state index in [0.717, 1.165) is 11.3 Å². The molecule has 2 aromatic carbocycles. The fourth-order valence-electron chi connectivity index (χ4n) is 3.22. The van der Waals surface area contributed by atoms with Crippen molar-refractivity contribution in [3.05, 3.63) is 42.2 Å². The first kappa shape index (κ1) is 21.5. The quantitative estimate of drug-likeness (QED) is 0.525. The number of anilines is 1. The van der Waals surface area contributed by atoms with Gasteiger partial charge in [0.1, 0.15) is 24.9 Å². The van der Waals surface area contributed by atoms with Crippen molar-refractivity contribution in [1.29, 1.82) is 0 Å². The summed E-state index contributed by atoms with van der Waals surface area (Å²) in [6.45, 7) is 2.58. The second kappa shape index (κ2) is 9.51. The Labute approximate surface area is 175 Å². The Balaban J connectivity index is 2.09. The van der Waals surface area contributed by atoms with Crippen molar-refractivity contribution in [2.75, 3.05) is 46.8 Å². The number of hydrogen-bond acceptors (Lipinski definition) is 8. The van der Waals surface area contributed by atoms with Crippen LogP contribution in [-0.4, -0.2) is 52.0 Å². The van der Waals surface area contributed by atoms with Gasteiger partial charge in [0, 0.05) is 31.0 Å². The molecule has 3 aromatic rings. The summed E-state index contributed by atoms with van der Waals surface area (Å²) in [4.78, 5) is 6.68. The van der Waals surface area contributed by atoms with Gasteiger partial charge in [0.2, 0.25) is 11.6 Å². The summed E-state index contributed by atoms with van der Waals surface area (Å²) in [5, 5.41) is 10.2. The van der Waals surface area contributed by atoms with E-state index in [0.29, 0.717) is 36.4 Å². The summed E-state index contributed by atoms with van der Waals surface area (Å²) >= 11 is 0. The Morgan fingerprint density at radius 2 is 1.57 bits per heavy atom. The number of phenols is 1. The van der Waals surface area contributed by atoms with E-state index in [1.807, 2.05) is 36.1 Å². The van der Waals surface area contributed by atoms with E-state index in [1.54, 1.807) is 26.4 Å². The Morgan fingerprint density at radius 1 is 0.967 bits per heavy atom. The molecular formula is C22H26N2O6. The second-order valence-corrected chi connectivity index (χ2v) is 6.55. The van der Waals surface area contributed by atoms with Crippen LogP contribution in [0.2, 0.25) is 0 Å². The molecule has 0 aliphatic rings. The first-order chi connectivity index (χ1) is 14.5. The van der Waals surface area contributed by atoms with Gasteiger partial charge in [0.05, 0.1) is 14.2 Å². The topological polar surface area (TPSA) is 86.4 Å². The Hall–Kier alpha value is -3.23. The lowest BCUT2D eigenvalue weighted by molar-refractivity contribution is 0.140. The molecule has 0 amide bonds. The minimum Gasteiger partial charge on any atom is -0.502 e. The summed E-state index contributed by atoms with van der Waals surface area (Å²) in [5.41, 5.74) is 3.12. The standard InChI is InChI=1S/C22H26N2O6/c1-14-20(16-8-6-7-9-17(16)24(12-26-2)13-27-3)23-22(30-14)15-10-18(28-4)21(25)19(11-15)29-5/h6-11,25H,12-13H2,1-5H3. The lowest BCUT2D eigenvalue weighted by Gasteiger charge is -2.24. The average molecular weight is 414 g/mol. The molecule has 1 N–H and O–H groups in total. The van der Waals surface area contributed by atoms with Crippen molar-refractivity contribution in [3.8, 4) is 40.0 Å². The van der Waals surface area contributed by atoms with Crippen LogP contribution in [0.25, 0.3) is 22.7 Å². The van der Waals surface area contributed by atoms with Gasteiger partial charge in [0.15, 0.2) is 11.5 Å². The third kappa shape index (κ3) is 4.19. The van der Waals surface area contributed by atoms with E-state index in [-0.39, 0.29) is 17.2 Å². The smallest absolute Gasteiger partial charge is 0.227 e. The highest BCUT2D eigenvalue weighted by atomic mass is 16.5. The van der Waals surface area contributed by atoms with Crippen LogP contribution in [0, 0.1) is 6.92 Å². The molecule has 1 aromatic heterocycles. The van der Waals surface area contributed by atoms with Gasteiger partial charge in [-0.1, -0.05) is 18.2 Å². The molecule has 30 heavy (non-hydrogen) atoms. The van der Waals surface area contributed by atoms with Crippen LogP contribution in [0.1, 0.15) is 5.76 Å². The minimum absolute atomic E-state index is 0.0765. The van der Waals surface area contributed by atoms with Crippen LogP contribution in [0.15, 0.2) is 40.8 Å². The number of rotatable bonds is 9. The summed E-state index contributed by atoms with van der Waals surface area (Å²) in [6.07, 6.45) is 0. The average Bonchev–Trinajstić information content (AvgIpc) is 3.15. The van der Waals surface area contributed by atoms with Crippen LogP contribution < -0.4 is 14.4 Å². The molecule has 0 aliphatic carbocycles. The molecule has 160 valence electrons. The number of hydrogen-bond donors (Lipinski definition) is 1. The fourth-order valence-corrected chi connectivity index (χ4v) is 3.22. The molecule has 0 bridgehead atoms. The van der Waals surface area contributed by atoms with E-state index in [2.05, 4.69) is 0 Å². The molecule has 0 spiro atoms. The molecule has 8 nitrogen and oxygen atoms in total. The SMILES string of the molecule is COCN(COC)c1ccccc1-c1nc(-c2cc(OC)c(O)c(OC)c2)oc1C. The van der Waals surface area contributed by atoms with Crippen LogP contribution in [-0.2, 0) is 9.47 Å². The van der Waals surface area contributed by atoms with Gasteiger partial charge in [-0.05, 0) is 25.1 Å². The monoisotopic (exact) mass is 414 g/mol. The number of methoxy groups -OCH3 is 4. The fraction of sp³-hybridized carbons (Fsp3) is 0.318. The van der Waals surface area contributed by atoms with Crippen LogP contribution >= 0.6 is 0 Å². The zero-order chi connectivity index (χ0) is 21.7. The molecule has 0 unspecified atom stereocenters. The number of aryl methyl sites for hydroxylation is 1. The van der Waals surface area contributed by atoms with Crippen molar-refractivity contribution >= 4 is 5.69 Å². The molecule has 0 atom stereocenters. The predicted molar refractivity (Wildman–Crippen MR) is 113 cm³/mol. The number of phenolic OH excluding ortho intramolecular Hbond substituents is 1. The highest BCUT2D eigenvalue weighted by molar-refractivity contribution is 5.79. The van der Waals surface area contributed by atoms with Crippen molar-refractivity contribution in [1.82, 2.24) is 4.98 Å². The van der Waals surface area contributed by atoms with Crippen molar-refractivity contribution in [2.45, 2.75) is 6.92 Å². The number of ether oxygens (including phenoxy) is 4. The minimum atomic E-state index is -0.0765. The molecule has 3 rings (SSSR count). The van der Waals surface area contributed by atoms with Crippen LogP contribution in [0.3, 0.4) is 0 Å². The molecule has 0 fully saturated rings. The number of benzene rings is 2. The molecule has 0 radical (unpaired) electrons. The maximum Gasteiger partial charge on any atom is 0.227 e. The Kier molecular flexibility index (Phi) is 6.81. The zero-order valence-corrected chi connectivity index (χ0v) is 17.8. The molecular weight excluding hydrogens is 388 g/mol. The largest absolute Gasteiger partial charge is 0.502 e. The van der Waals surface area contributed by atoms with Gasteiger partial charge < -0.3 is 33.4 Å². The Morgan fingerprint density at radius 3 is 2.13 bits per heavy atom. The van der Waals surface area contributed by atoms with Gasteiger partial charge in [-0.3, -0.25) is 0 Å². The van der Waals surface area contributed by atoms with Crippen molar-refractivity contribution < 1.29 is 28.5 Å². The summed E-state index contributed by atoms with van der Waals surface area (Å²) < 4.78 is 27.1. The van der Waals surface area contributed by atoms with Gasteiger partial charge in [-0.15, -0.1) is 0 Å². The maximum absolute atomic E-state index is 10.2. The highest BCUT2D eigenvalue weighted by Crippen LogP contribution is 2.41. The first-order valence-corrected chi connectivity index (χ1v) is 9.29. The molecule has 0 saturated carbocycles. The number of nitrogens with zero attached hydrogens (tertiary/aromatic N) is 2. The van der Waals surface area contributed by atoms with Gasteiger partial charge in [-0.25, -0.2) is 4.98 Å². The maximum atomic E-state index is 10.2. The third-order valence-corrected chi connectivity index (χ3v) is 4.59. The van der Waals surface area contributed by atoms with E-state index in [4.69, 9.17) is 28.3 Å². The van der Waals surface area contributed by atoms with Crippen LogP contribution in [0.5, 0.6) is 17.2 Å². The zero-order valence-electron chi connectivity index (χ0n) is 17.8. The number of aromatic nitrogens is 1. The van der Waals surface area contributed by atoms with Gasteiger partial charge in [-0.2, -0.15) is 0 Å². The third-order valence-electron chi connectivity index (χ3n) is 4.59. The Bertz CT molecular complexity index is 970. The van der Waals surface area contributed by atoms with Crippen LogP contribution in [0.4, 0.5) is 5.69 Å². The normalized spacial score (nSPS) is 10.8. The highest BCUT2D eigenvalue weighted by Gasteiger charge is 2.21. The first-order valence-electron chi connectivity index (χ1n) is 9.29. The summed E-state index contributed by atoms with van der Waals surface area (Å²) in [6, 6.07) is 11.1. The van der Waals surface area contributed by atoms with Gasteiger partial charge >= 0.3 is 0 Å². The molecule has 1 heterocycles. The van der Waals surface area contributed by atoms with Gasteiger partial charge in [0.25, 0.3) is 0 Å². The molecule has 0 saturated heterocycles. The lowest BCUT2D eigenvalue weighted by atomic mass is 10.1. The number of aromatic hydroxyl groups is 1. The lowest BCUT2D eigenvalue weighted by Crippen LogP contribution is -2.28. The number of para-hydroxylation sites is 1. The predicted octanol–water partition coefficient (Wildman–Crippen LogP) is 4.05. The second-order valence-electron chi connectivity index (χ2n) is 6.55. The van der Waals surface area contributed by atoms with E-state index >= 15 is 0 Å². The van der Waals surface area contributed by atoms with Crippen molar-refractivity contribution in [3.63, 3.8) is 0 Å². The van der Waals surface area contributed by atoms with E-state index in [9.17, 15) is 5.11 Å². The summed E-state index contributed by atoms with van der Waals surface area (Å²) in [5.74, 6) is 1.51. The number of oxazole rings is 1.